The Morgan fingerprint density at radius 1 is 0.500 bits per heavy atom. The molecule has 3 aromatic carbocycles. The summed E-state index contributed by atoms with van der Waals surface area (Å²) >= 11 is 17.0. The maximum atomic E-state index is 10.6. The molecule has 0 spiro atoms. The predicted octanol–water partition coefficient (Wildman–Crippen LogP) is 3.40. The fraction of sp³-hybridized carbons (Fsp3) is 0.143. The van der Waals surface area contributed by atoms with Crippen molar-refractivity contribution in [3.8, 4) is 0 Å². The molecule has 3 aromatic rings. The van der Waals surface area contributed by atoms with Crippen LogP contribution in [0.3, 0.4) is 0 Å². The molecule has 0 atom stereocenters. The molecule has 0 heterocycles. The topological polar surface area (TPSA) is 250 Å². The van der Waals surface area contributed by atoms with Crippen LogP contribution in [-0.2, 0) is 46.8 Å². The van der Waals surface area contributed by atoms with Crippen molar-refractivity contribution in [1.29, 1.82) is 0 Å². The molecule has 0 saturated carbocycles. The number of hydrogen-bond donors (Lipinski definition) is 3. The molecule has 0 aliphatic heterocycles. The third kappa shape index (κ3) is 9.91. The first-order valence-corrected chi connectivity index (χ1v) is 15.4. The third-order valence-electron chi connectivity index (χ3n) is 4.81. The normalized spacial score (nSPS) is 11.3. The molecule has 40 heavy (non-hydrogen) atoms. The van der Waals surface area contributed by atoms with Gasteiger partial charge in [0.25, 0.3) is 0 Å². The van der Waals surface area contributed by atoms with Crippen LogP contribution in [0.5, 0.6) is 0 Å². The monoisotopic (exact) mass is 718 g/mol. The molecule has 0 fully saturated rings. The van der Waals surface area contributed by atoms with Gasteiger partial charge in [-0.1, -0.05) is 53.0 Å². The smallest absolute Gasteiger partial charge is 0.744 e. The summed E-state index contributed by atoms with van der Waals surface area (Å²) in [6, 6.07) is 7.76. The zero-order valence-corrected chi connectivity index (χ0v) is 26.3. The summed E-state index contributed by atoms with van der Waals surface area (Å²) in [7, 11) is -13.6. The van der Waals surface area contributed by atoms with Crippen LogP contribution in [0.15, 0.2) is 51.1 Å². The van der Waals surface area contributed by atoms with Gasteiger partial charge in [0, 0.05) is 0 Å². The average Bonchev–Trinajstić information content (AvgIpc) is 2.78. The third-order valence-corrected chi connectivity index (χ3v) is 9.00. The zero-order valence-electron chi connectivity index (χ0n) is 20.5. The maximum Gasteiger partial charge on any atom is 3.00 e. The first-order chi connectivity index (χ1) is 17.5. The number of anilines is 3. The summed E-state index contributed by atoms with van der Waals surface area (Å²) in [5, 5.41) is 0.325. The minimum atomic E-state index is -4.53. The van der Waals surface area contributed by atoms with Crippen molar-refractivity contribution in [1.82, 2.24) is 0 Å². The maximum absolute atomic E-state index is 10.6. The van der Waals surface area contributed by atoms with E-state index in [4.69, 9.17) is 52.0 Å². The Morgan fingerprint density at radius 3 is 0.825 bits per heavy atom. The van der Waals surface area contributed by atoms with Gasteiger partial charge in [-0.2, -0.15) is 0 Å². The van der Waals surface area contributed by atoms with Gasteiger partial charge in [-0.15, -0.1) is 0 Å². The molecule has 19 heteroatoms. The Labute approximate surface area is 257 Å². The molecule has 12 nitrogen and oxygen atoms in total. The van der Waals surface area contributed by atoms with Crippen molar-refractivity contribution in [2.75, 3.05) is 17.2 Å². The van der Waals surface area contributed by atoms with Crippen molar-refractivity contribution in [3.05, 3.63) is 68.2 Å². The van der Waals surface area contributed by atoms with Crippen molar-refractivity contribution < 1.29 is 55.4 Å². The van der Waals surface area contributed by atoms with Crippen LogP contribution in [-0.4, -0.2) is 38.9 Å². The summed E-state index contributed by atoms with van der Waals surface area (Å²) in [5.41, 5.74) is 17.4. The van der Waals surface area contributed by atoms with Gasteiger partial charge >= 0.3 is 16.5 Å². The molecule has 0 aliphatic carbocycles. The van der Waals surface area contributed by atoms with Gasteiger partial charge in [0.2, 0.25) is 0 Å². The van der Waals surface area contributed by atoms with Crippen LogP contribution in [0.25, 0.3) is 0 Å². The number of halogens is 3. The van der Waals surface area contributed by atoms with E-state index < -0.39 is 45.0 Å². The van der Waals surface area contributed by atoms with Gasteiger partial charge in [0.05, 0.1) is 46.8 Å². The van der Waals surface area contributed by atoms with Gasteiger partial charge < -0.3 is 30.9 Å². The van der Waals surface area contributed by atoms with E-state index >= 15 is 0 Å². The van der Waals surface area contributed by atoms with Crippen LogP contribution in [0.4, 0.5) is 17.1 Å². The van der Waals surface area contributed by atoms with Crippen LogP contribution in [0.1, 0.15) is 16.7 Å². The molecule has 6 N–H and O–H groups in total. The summed E-state index contributed by atoms with van der Waals surface area (Å²) < 4.78 is 95.6. The summed E-state index contributed by atoms with van der Waals surface area (Å²) in [4.78, 5) is -1.41. The molecule has 223 valence electrons. The van der Waals surface area contributed by atoms with E-state index in [-0.39, 0.29) is 48.6 Å². The molecular weight excluding hydrogens is 699 g/mol. The quantitative estimate of drug-likeness (QED) is 0.200. The van der Waals surface area contributed by atoms with Crippen LogP contribution >= 0.6 is 34.8 Å². The number of benzene rings is 3. The van der Waals surface area contributed by atoms with Gasteiger partial charge in [0.15, 0.2) is 0 Å². The Bertz CT molecular complexity index is 1530. The SMILES string of the molecule is Cc1ccc(S(=O)(=O)[O-])c(N)c1Cl.Cc1ccc(S(=O)(=O)[O-])c(N)c1Cl.Cc1ccc(S(=O)(=O)[O-])c(N)c1Cl.[Ni+3]. The van der Waals surface area contributed by atoms with Gasteiger partial charge in [-0.05, 0) is 55.7 Å². The zero-order chi connectivity index (χ0) is 30.7. The minimum absolute atomic E-state index is 0. The fourth-order valence-electron chi connectivity index (χ4n) is 2.71. The van der Waals surface area contributed by atoms with Crippen LogP contribution < -0.4 is 17.2 Å². The van der Waals surface area contributed by atoms with Crippen molar-refractivity contribution >= 4 is 82.2 Å². The Kier molecular flexibility index (Phi) is 13.7. The summed E-state index contributed by atoms with van der Waals surface area (Å²) in [6.45, 7) is 5.00. The Balaban J connectivity index is 0.000000563. The average molecular weight is 721 g/mol. The number of nitrogen functional groups attached to an aromatic ring is 3. The standard InChI is InChI=1S/3C7H8ClNO3S.Ni/c3*1-4-2-3-5(13(10,11)12)7(9)6(4)8;/h3*2-3H,9H2,1H3,(H,10,11,12);/q;;;+3/p-3. The second-order valence-corrected chi connectivity index (χ2v) is 12.9. The van der Waals surface area contributed by atoms with Crippen LogP contribution in [0, 0.1) is 20.8 Å². The second kappa shape index (κ2) is 14.4. The number of rotatable bonds is 3. The molecule has 0 bridgehead atoms. The Hall–Kier alpha value is -1.85. The first-order valence-electron chi connectivity index (χ1n) is 10.0. The van der Waals surface area contributed by atoms with E-state index in [1.165, 1.54) is 18.2 Å². The number of aryl methyl sites for hydroxylation is 3. The number of hydrogen-bond acceptors (Lipinski definition) is 12. The summed E-state index contributed by atoms with van der Waals surface area (Å²) in [6.07, 6.45) is 0. The number of nitrogens with two attached hydrogens (primary N) is 3. The molecule has 0 aliphatic rings. The molecule has 1 radical (unpaired) electrons. The molecular formula is C21H21Cl3N3NiO9S3. The van der Waals surface area contributed by atoms with Gasteiger partial charge in [0.1, 0.15) is 30.4 Å². The molecule has 3 rings (SSSR count). The predicted molar refractivity (Wildman–Crippen MR) is 146 cm³/mol. The van der Waals surface area contributed by atoms with E-state index in [0.29, 0.717) is 16.7 Å². The molecule has 0 unspecified atom stereocenters. The van der Waals surface area contributed by atoms with E-state index in [9.17, 15) is 38.9 Å². The molecule has 0 amide bonds. The Morgan fingerprint density at radius 2 is 0.675 bits per heavy atom. The second-order valence-electron chi connectivity index (χ2n) is 7.69. The van der Waals surface area contributed by atoms with E-state index in [1.54, 1.807) is 20.8 Å². The summed E-state index contributed by atoms with van der Waals surface area (Å²) in [5.74, 6) is 0. The van der Waals surface area contributed by atoms with Crippen molar-refractivity contribution in [2.24, 2.45) is 0 Å². The van der Waals surface area contributed by atoms with Crippen molar-refractivity contribution in [2.45, 2.75) is 35.5 Å². The molecule has 0 aromatic heterocycles. The molecule has 0 saturated heterocycles. The van der Waals surface area contributed by atoms with Crippen molar-refractivity contribution in [3.63, 3.8) is 0 Å². The largest absolute Gasteiger partial charge is 3.00 e. The first kappa shape index (κ1) is 38.2. The van der Waals surface area contributed by atoms with Crippen LogP contribution in [0.2, 0.25) is 15.1 Å². The van der Waals surface area contributed by atoms with E-state index in [2.05, 4.69) is 0 Å². The van der Waals surface area contributed by atoms with Gasteiger partial charge in [-0.3, -0.25) is 0 Å². The minimum Gasteiger partial charge on any atom is -0.744 e. The van der Waals surface area contributed by atoms with E-state index in [1.807, 2.05) is 0 Å². The van der Waals surface area contributed by atoms with Gasteiger partial charge in [-0.25, -0.2) is 25.3 Å². The van der Waals surface area contributed by atoms with E-state index in [0.717, 1.165) is 18.2 Å². The fourth-order valence-corrected chi connectivity index (χ4v) is 5.19.